The number of H-pyrrole nitrogens is 1. The van der Waals surface area contributed by atoms with Crippen molar-refractivity contribution >= 4 is 11.6 Å². The predicted molar refractivity (Wildman–Crippen MR) is 73.4 cm³/mol. The molecule has 0 spiro atoms. The molecule has 0 atom stereocenters. The molecule has 0 bridgehead atoms. The molecule has 2 aromatic rings. The van der Waals surface area contributed by atoms with Crippen molar-refractivity contribution in [3.8, 4) is 5.75 Å². The van der Waals surface area contributed by atoms with Crippen LogP contribution in [0.3, 0.4) is 0 Å². The predicted octanol–water partition coefficient (Wildman–Crippen LogP) is 2.22. The monoisotopic (exact) mass is 259 g/mol. The maximum absolute atomic E-state index is 12.0. The summed E-state index contributed by atoms with van der Waals surface area (Å²) in [6, 6.07) is 7.24. The molecule has 2 rings (SSSR count). The quantitative estimate of drug-likeness (QED) is 0.884. The van der Waals surface area contributed by atoms with Gasteiger partial charge in [-0.2, -0.15) is 5.10 Å². The number of benzene rings is 1. The van der Waals surface area contributed by atoms with Crippen molar-refractivity contribution in [2.75, 3.05) is 12.4 Å². The summed E-state index contributed by atoms with van der Waals surface area (Å²) in [5.41, 5.74) is 3.50. The van der Waals surface area contributed by atoms with Gasteiger partial charge in [0.2, 0.25) is 5.91 Å². The first-order valence-corrected chi connectivity index (χ1v) is 6.04. The molecule has 5 heteroatoms. The lowest BCUT2D eigenvalue weighted by Crippen LogP contribution is -2.15. The molecule has 19 heavy (non-hydrogen) atoms. The van der Waals surface area contributed by atoms with E-state index in [0.29, 0.717) is 6.42 Å². The van der Waals surface area contributed by atoms with Crippen LogP contribution in [0.4, 0.5) is 5.69 Å². The Morgan fingerprint density at radius 1 is 1.32 bits per heavy atom. The smallest absolute Gasteiger partial charge is 0.228 e. The first kappa shape index (κ1) is 13.1. The van der Waals surface area contributed by atoms with Crippen molar-refractivity contribution < 1.29 is 9.53 Å². The summed E-state index contributed by atoms with van der Waals surface area (Å²) in [7, 11) is 1.61. The molecule has 1 amide bonds. The van der Waals surface area contributed by atoms with E-state index >= 15 is 0 Å². The molecule has 0 saturated carbocycles. The van der Waals surface area contributed by atoms with Crippen LogP contribution in [0.2, 0.25) is 0 Å². The second kappa shape index (κ2) is 5.56. The molecule has 0 aliphatic rings. The van der Waals surface area contributed by atoms with Gasteiger partial charge in [-0.3, -0.25) is 9.89 Å². The average Bonchev–Trinajstić information content (AvgIpc) is 2.71. The molecule has 0 aliphatic heterocycles. The van der Waals surface area contributed by atoms with Crippen LogP contribution >= 0.6 is 0 Å². The number of carbonyl (C=O) groups excluding carboxylic acids is 1. The van der Waals surface area contributed by atoms with Gasteiger partial charge in [-0.1, -0.05) is 0 Å². The highest BCUT2D eigenvalue weighted by Crippen LogP contribution is 2.16. The SMILES string of the molecule is COc1ccc(NC(=O)Cc2c(C)n[nH]c2C)cc1. The third-order valence-corrected chi connectivity index (χ3v) is 2.99. The summed E-state index contributed by atoms with van der Waals surface area (Å²) in [6.07, 6.45) is 0.320. The number of carbonyl (C=O) groups is 1. The second-order valence-electron chi connectivity index (χ2n) is 4.37. The van der Waals surface area contributed by atoms with Crippen LogP contribution in [0, 0.1) is 13.8 Å². The highest BCUT2D eigenvalue weighted by molar-refractivity contribution is 5.92. The van der Waals surface area contributed by atoms with Gasteiger partial charge < -0.3 is 10.1 Å². The van der Waals surface area contributed by atoms with Crippen LogP contribution in [0.1, 0.15) is 17.0 Å². The number of hydrogen-bond acceptors (Lipinski definition) is 3. The standard InChI is InChI=1S/C14H17N3O2/c1-9-13(10(2)17-16-9)8-14(18)15-11-4-6-12(19-3)7-5-11/h4-7H,8H2,1-3H3,(H,15,18)(H,16,17). The fourth-order valence-corrected chi connectivity index (χ4v) is 1.87. The van der Waals surface area contributed by atoms with E-state index in [4.69, 9.17) is 4.74 Å². The van der Waals surface area contributed by atoms with Crippen LogP contribution in [0.5, 0.6) is 5.75 Å². The molecule has 1 aromatic heterocycles. The lowest BCUT2D eigenvalue weighted by atomic mass is 10.1. The minimum atomic E-state index is -0.0576. The van der Waals surface area contributed by atoms with E-state index in [0.717, 1.165) is 28.4 Å². The lowest BCUT2D eigenvalue weighted by molar-refractivity contribution is -0.115. The summed E-state index contributed by atoms with van der Waals surface area (Å²) >= 11 is 0. The molecular formula is C14H17N3O2. The highest BCUT2D eigenvalue weighted by Gasteiger charge is 2.11. The van der Waals surface area contributed by atoms with Crippen molar-refractivity contribution in [1.82, 2.24) is 10.2 Å². The summed E-state index contributed by atoms with van der Waals surface area (Å²) in [6.45, 7) is 3.80. The Kier molecular flexibility index (Phi) is 3.85. The number of rotatable bonds is 4. The molecular weight excluding hydrogens is 242 g/mol. The molecule has 0 aliphatic carbocycles. The number of aromatic nitrogens is 2. The zero-order valence-electron chi connectivity index (χ0n) is 11.3. The minimum Gasteiger partial charge on any atom is -0.497 e. The average molecular weight is 259 g/mol. The van der Waals surface area contributed by atoms with E-state index in [2.05, 4.69) is 15.5 Å². The molecule has 5 nitrogen and oxygen atoms in total. The topological polar surface area (TPSA) is 67.0 Å². The molecule has 1 aromatic carbocycles. The van der Waals surface area contributed by atoms with E-state index in [1.165, 1.54) is 0 Å². The Labute approximate surface area is 112 Å². The van der Waals surface area contributed by atoms with Crippen LogP contribution in [-0.2, 0) is 11.2 Å². The Bertz CT molecular complexity index is 553. The van der Waals surface area contributed by atoms with E-state index in [-0.39, 0.29) is 5.91 Å². The molecule has 1 heterocycles. The van der Waals surface area contributed by atoms with Crippen LogP contribution in [0.25, 0.3) is 0 Å². The van der Waals surface area contributed by atoms with Crippen molar-refractivity contribution in [2.45, 2.75) is 20.3 Å². The summed E-state index contributed by atoms with van der Waals surface area (Å²) < 4.78 is 5.07. The van der Waals surface area contributed by atoms with Crippen LogP contribution in [0.15, 0.2) is 24.3 Å². The third-order valence-electron chi connectivity index (χ3n) is 2.99. The number of nitrogens with zero attached hydrogens (tertiary/aromatic N) is 1. The number of aryl methyl sites for hydroxylation is 2. The van der Waals surface area contributed by atoms with Gasteiger partial charge >= 0.3 is 0 Å². The molecule has 0 radical (unpaired) electrons. The van der Waals surface area contributed by atoms with E-state index in [9.17, 15) is 4.79 Å². The largest absolute Gasteiger partial charge is 0.497 e. The number of aromatic amines is 1. The zero-order chi connectivity index (χ0) is 13.8. The van der Waals surface area contributed by atoms with E-state index < -0.39 is 0 Å². The molecule has 0 saturated heterocycles. The molecule has 2 N–H and O–H groups in total. The Morgan fingerprint density at radius 3 is 2.53 bits per heavy atom. The lowest BCUT2D eigenvalue weighted by Gasteiger charge is -2.06. The Balaban J connectivity index is 2.01. The van der Waals surface area contributed by atoms with Gasteiger partial charge in [-0.15, -0.1) is 0 Å². The summed E-state index contributed by atoms with van der Waals surface area (Å²) in [5.74, 6) is 0.706. The van der Waals surface area contributed by atoms with Crippen molar-refractivity contribution in [3.63, 3.8) is 0 Å². The van der Waals surface area contributed by atoms with Crippen molar-refractivity contribution in [2.24, 2.45) is 0 Å². The maximum atomic E-state index is 12.0. The van der Waals surface area contributed by atoms with Gasteiger partial charge in [0.25, 0.3) is 0 Å². The number of anilines is 1. The Hall–Kier alpha value is -2.30. The third kappa shape index (κ3) is 3.13. The Morgan fingerprint density at radius 2 is 2.00 bits per heavy atom. The fraction of sp³-hybridized carbons (Fsp3) is 0.286. The number of amides is 1. The van der Waals surface area contributed by atoms with Crippen LogP contribution in [-0.4, -0.2) is 23.2 Å². The van der Waals surface area contributed by atoms with E-state index in [1.54, 1.807) is 7.11 Å². The van der Waals surface area contributed by atoms with E-state index in [1.807, 2.05) is 38.1 Å². The summed E-state index contributed by atoms with van der Waals surface area (Å²) in [5, 5.41) is 9.80. The van der Waals surface area contributed by atoms with Gasteiger partial charge in [0.15, 0.2) is 0 Å². The van der Waals surface area contributed by atoms with Gasteiger partial charge in [-0.05, 0) is 38.1 Å². The maximum Gasteiger partial charge on any atom is 0.228 e. The normalized spacial score (nSPS) is 10.3. The number of nitrogens with one attached hydrogen (secondary N) is 2. The van der Waals surface area contributed by atoms with Crippen molar-refractivity contribution in [3.05, 3.63) is 41.2 Å². The zero-order valence-corrected chi connectivity index (χ0v) is 11.3. The number of methoxy groups -OCH3 is 1. The van der Waals surface area contributed by atoms with Gasteiger partial charge in [-0.25, -0.2) is 0 Å². The number of hydrogen-bond donors (Lipinski definition) is 2. The molecule has 0 fully saturated rings. The molecule has 0 unspecified atom stereocenters. The molecule has 100 valence electrons. The highest BCUT2D eigenvalue weighted by atomic mass is 16.5. The summed E-state index contributed by atoms with van der Waals surface area (Å²) in [4.78, 5) is 12.0. The van der Waals surface area contributed by atoms with Crippen LogP contribution < -0.4 is 10.1 Å². The van der Waals surface area contributed by atoms with Gasteiger partial charge in [0.05, 0.1) is 19.2 Å². The second-order valence-corrected chi connectivity index (χ2v) is 4.37. The van der Waals surface area contributed by atoms with Gasteiger partial charge in [0, 0.05) is 16.9 Å². The van der Waals surface area contributed by atoms with Gasteiger partial charge in [0.1, 0.15) is 5.75 Å². The minimum absolute atomic E-state index is 0.0576. The fourth-order valence-electron chi connectivity index (χ4n) is 1.87. The number of ether oxygens (including phenoxy) is 1. The first-order valence-electron chi connectivity index (χ1n) is 6.04. The van der Waals surface area contributed by atoms with Crippen molar-refractivity contribution in [1.29, 1.82) is 0 Å². The first-order chi connectivity index (χ1) is 9.10.